The normalized spacial score (nSPS) is 11.0. The summed E-state index contributed by atoms with van der Waals surface area (Å²) in [6, 6.07) is 12.6. The lowest BCUT2D eigenvalue weighted by Crippen LogP contribution is -2.07. The Morgan fingerprint density at radius 2 is 1.84 bits per heavy atom. The molecule has 25 heavy (non-hydrogen) atoms. The lowest BCUT2D eigenvalue weighted by Gasteiger charge is -2.00. The summed E-state index contributed by atoms with van der Waals surface area (Å²) in [6.07, 6.45) is 3.07. The second kappa shape index (κ2) is 8.02. The molecule has 0 aliphatic carbocycles. The van der Waals surface area contributed by atoms with Crippen LogP contribution in [0.15, 0.2) is 53.9 Å². The molecule has 1 heterocycles. The predicted molar refractivity (Wildman–Crippen MR) is 107 cm³/mol. The Bertz CT molecular complexity index is 953. The van der Waals surface area contributed by atoms with Crippen molar-refractivity contribution in [2.45, 2.75) is 0 Å². The maximum absolute atomic E-state index is 12.0. The number of carbonyl (C=O) groups is 1. The molecule has 0 radical (unpaired) electrons. The highest BCUT2D eigenvalue weighted by Crippen LogP contribution is 2.30. The van der Waals surface area contributed by atoms with Crippen LogP contribution in [-0.2, 0) is 4.79 Å². The lowest BCUT2D eigenvalue weighted by atomic mass is 10.2. The van der Waals surface area contributed by atoms with Gasteiger partial charge in [-0.2, -0.15) is 0 Å². The van der Waals surface area contributed by atoms with E-state index in [9.17, 15) is 4.79 Å². The van der Waals surface area contributed by atoms with Crippen LogP contribution in [-0.4, -0.2) is 10.9 Å². The molecule has 1 N–H and O–H groups in total. The number of hydrogen-bond acceptors (Lipinski definition) is 3. The first-order valence-corrected chi connectivity index (χ1v) is 9.19. The third-order valence-corrected chi connectivity index (χ3v) is 5.08. The summed E-state index contributed by atoms with van der Waals surface area (Å²) >= 11 is 19.3. The molecule has 0 saturated heterocycles. The number of aromatic nitrogens is 1. The highest BCUT2D eigenvalue weighted by Gasteiger charge is 2.09. The molecule has 3 nitrogen and oxygen atoms in total. The predicted octanol–water partition coefficient (Wildman–Crippen LogP) is 6.42. The van der Waals surface area contributed by atoms with E-state index in [1.165, 1.54) is 17.4 Å². The lowest BCUT2D eigenvalue weighted by molar-refractivity contribution is -0.111. The zero-order valence-electron chi connectivity index (χ0n) is 12.7. The topological polar surface area (TPSA) is 42.0 Å². The number of thiazole rings is 1. The number of hydrogen-bond donors (Lipinski definition) is 1. The van der Waals surface area contributed by atoms with Crippen LogP contribution in [0.2, 0.25) is 15.1 Å². The van der Waals surface area contributed by atoms with Gasteiger partial charge in [-0.15, -0.1) is 11.3 Å². The Morgan fingerprint density at radius 1 is 1.04 bits per heavy atom. The molecular weight excluding hydrogens is 399 g/mol. The Morgan fingerprint density at radius 3 is 2.60 bits per heavy atom. The molecule has 2 aromatic carbocycles. The first kappa shape index (κ1) is 18.0. The van der Waals surface area contributed by atoms with Gasteiger partial charge in [0.2, 0.25) is 5.91 Å². The van der Waals surface area contributed by atoms with Crippen molar-refractivity contribution in [1.29, 1.82) is 0 Å². The highest BCUT2D eigenvalue weighted by atomic mass is 35.5. The minimum Gasteiger partial charge on any atom is -0.298 e. The molecule has 3 rings (SSSR count). The van der Waals surface area contributed by atoms with Gasteiger partial charge >= 0.3 is 0 Å². The third kappa shape index (κ3) is 4.61. The van der Waals surface area contributed by atoms with Crippen LogP contribution >= 0.6 is 46.1 Å². The van der Waals surface area contributed by atoms with E-state index in [0.717, 1.165) is 16.8 Å². The smallest absolute Gasteiger partial charge is 0.250 e. The van der Waals surface area contributed by atoms with E-state index < -0.39 is 0 Å². The summed E-state index contributed by atoms with van der Waals surface area (Å²) in [4.78, 5) is 16.4. The summed E-state index contributed by atoms with van der Waals surface area (Å²) in [5.41, 5.74) is 2.33. The van der Waals surface area contributed by atoms with Crippen molar-refractivity contribution in [3.8, 4) is 11.3 Å². The second-order valence-electron chi connectivity index (χ2n) is 5.01. The second-order valence-corrected chi connectivity index (χ2v) is 7.09. The number of halogens is 3. The molecule has 0 aliphatic rings. The Kier molecular flexibility index (Phi) is 5.76. The number of amides is 1. The van der Waals surface area contributed by atoms with Crippen molar-refractivity contribution in [3.63, 3.8) is 0 Å². The van der Waals surface area contributed by atoms with Gasteiger partial charge in [-0.25, -0.2) is 4.98 Å². The Hall–Kier alpha value is -1.85. The third-order valence-electron chi connectivity index (χ3n) is 3.25. The van der Waals surface area contributed by atoms with Crippen LogP contribution in [0.3, 0.4) is 0 Å². The van der Waals surface area contributed by atoms with Crippen molar-refractivity contribution >= 4 is 63.3 Å². The van der Waals surface area contributed by atoms with E-state index >= 15 is 0 Å². The number of rotatable bonds is 4. The van der Waals surface area contributed by atoms with E-state index in [1.807, 2.05) is 23.6 Å². The number of anilines is 1. The monoisotopic (exact) mass is 408 g/mol. The maximum Gasteiger partial charge on any atom is 0.250 e. The molecule has 7 heteroatoms. The van der Waals surface area contributed by atoms with Gasteiger partial charge in [0.25, 0.3) is 0 Å². The van der Waals surface area contributed by atoms with Crippen LogP contribution in [0, 0.1) is 0 Å². The Balaban J connectivity index is 1.68. The van der Waals surface area contributed by atoms with Gasteiger partial charge in [0.15, 0.2) is 5.13 Å². The Labute approximate surface area is 163 Å². The first-order chi connectivity index (χ1) is 12.0. The van der Waals surface area contributed by atoms with Crippen molar-refractivity contribution in [3.05, 3.63) is 74.6 Å². The number of carbonyl (C=O) groups excluding carboxylic acids is 1. The summed E-state index contributed by atoms with van der Waals surface area (Å²) in [7, 11) is 0. The fraction of sp³-hybridized carbons (Fsp3) is 0. The van der Waals surface area contributed by atoms with E-state index in [1.54, 1.807) is 30.3 Å². The van der Waals surface area contributed by atoms with Crippen molar-refractivity contribution < 1.29 is 4.79 Å². The fourth-order valence-electron chi connectivity index (χ4n) is 2.06. The zero-order valence-corrected chi connectivity index (χ0v) is 15.8. The SMILES string of the molecule is O=C(/C=C/c1ccc(Cl)c(Cl)c1)Nc1nc(-c2ccccc2Cl)cs1. The van der Waals surface area contributed by atoms with Gasteiger partial charge < -0.3 is 0 Å². The number of nitrogens with one attached hydrogen (secondary N) is 1. The summed E-state index contributed by atoms with van der Waals surface area (Å²) in [5, 5.41) is 6.60. The molecule has 0 aliphatic heterocycles. The zero-order chi connectivity index (χ0) is 17.8. The molecule has 0 atom stereocenters. The molecule has 1 aromatic heterocycles. The van der Waals surface area contributed by atoms with E-state index in [4.69, 9.17) is 34.8 Å². The molecule has 3 aromatic rings. The molecule has 0 unspecified atom stereocenters. The van der Waals surface area contributed by atoms with Gasteiger partial charge in [-0.3, -0.25) is 10.1 Å². The van der Waals surface area contributed by atoms with E-state index in [-0.39, 0.29) is 5.91 Å². The first-order valence-electron chi connectivity index (χ1n) is 7.17. The van der Waals surface area contributed by atoms with Gasteiger partial charge in [-0.1, -0.05) is 59.1 Å². The maximum atomic E-state index is 12.0. The van der Waals surface area contributed by atoms with Crippen molar-refractivity contribution in [2.24, 2.45) is 0 Å². The largest absolute Gasteiger partial charge is 0.298 e. The molecule has 126 valence electrons. The van der Waals surface area contributed by atoms with E-state index in [0.29, 0.717) is 20.2 Å². The molecule has 0 spiro atoms. The molecule has 0 fully saturated rings. The summed E-state index contributed by atoms with van der Waals surface area (Å²) in [6.45, 7) is 0. The summed E-state index contributed by atoms with van der Waals surface area (Å²) in [5.74, 6) is -0.286. The number of nitrogens with zero attached hydrogens (tertiary/aromatic N) is 1. The minimum atomic E-state index is -0.286. The fourth-order valence-corrected chi connectivity index (χ4v) is 3.31. The van der Waals surface area contributed by atoms with Crippen LogP contribution in [0.1, 0.15) is 5.56 Å². The van der Waals surface area contributed by atoms with Crippen molar-refractivity contribution in [2.75, 3.05) is 5.32 Å². The standard InChI is InChI=1S/C18H11Cl3N2OS/c19-13-4-2-1-3-12(13)16-10-25-18(22-16)23-17(24)8-6-11-5-7-14(20)15(21)9-11/h1-10H,(H,22,23,24)/b8-6+. The van der Waals surface area contributed by atoms with Gasteiger partial charge in [0, 0.05) is 22.0 Å². The molecule has 0 saturated carbocycles. The molecular formula is C18H11Cl3N2OS. The van der Waals surface area contributed by atoms with Gasteiger partial charge in [0.05, 0.1) is 15.7 Å². The highest BCUT2D eigenvalue weighted by molar-refractivity contribution is 7.14. The van der Waals surface area contributed by atoms with Crippen LogP contribution in [0.5, 0.6) is 0 Å². The van der Waals surface area contributed by atoms with Crippen LogP contribution in [0.25, 0.3) is 17.3 Å². The molecule has 0 bridgehead atoms. The van der Waals surface area contributed by atoms with Crippen LogP contribution in [0.4, 0.5) is 5.13 Å². The van der Waals surface area contributed by atoms with Gasteiger partial charge in [-0.05, 0) is 29.8 Å². The van der Waals surface area contributed by atoms with Crippen LogP contribution < -0.4 is 5.32 Å². The number of benzene rings is 2. The average molecular weight is 410 g/mol. The van der Waals surface area contributed by atoms with E-state index in [2.05, 4.69) is 10.3 Å². The summed E-state index contributed by atoms with van der Waals surface area (Å²) < 4.78 is 0. The molecule has 1 amide bonds. The minimum absolute atomic E-state index is 0.286. The average Bonchev–Trinajstić information content (AvgIpc) is 3.04. The van der Waals surface area contributed by atoms with Gasteiger partial charge in [0.1, 0.15) is 0 Å². The quantitative estimate of drug-likeness (QED) is 0.505. The van der Waals surface area contributed by atoms with Crippen molar-refractivity contribution in [1.82, 2.24) is 4.98 Å².